The maximum atomic E-state index is 5.61. The third kappa shape index (κ3) is 2.00. The zero-order chi connectivity index (χ0) is 11.7. The summed E-state index contributed by atoms with van der Waals surface area (Å²) in [7, 11) is 4.17. The highest BCUT2D eigenvalue weighted by Gasteiger charge is 2.17. The van der Waals surface area contributed by atoms with Gasteiger partial charge in [0.25, 0.3) is 0 Å². The van der Waals surface area contributed by atoms with E-state index >= 15 is 0 Å². The molecule has 3 nitrogen and oxygen atoms in total. The van der Waals surface area contributed by atoms with Gasteiger partial charge in [0.2, 0.25) is 0 Å². The van der Waals surface area contributed by atoms with Crippen molar-refractivity contribution >= 4 is 0 Å². The Kier molecular flexibility index (Phi) is 3.06. The van der Waals surface area contributed by atoms with Crippen LogP contribution in [0.2, 0.25) is 0 Å². The molecule has 0 radical (unpaired) electrons. The second-order valence-corrected chi connectivity index (χ2v) is 4.49. The second kappa shape index (κ2) is 4.34. The van der Waals surface area contributed by atoms with Crippen LogP contribution in [0.25, 0.3) is 0 Å². The molecule has 1 heterocycles. The Bertz CT molecular complexity index is 388. The van der Waals surface area contributed by atoms with Crippen molar-refractivity contribution in [1.82, 2.24) is 4.90 Å². The number of hydrogen-bond donors (Lipinski definition) is 0. The first-order valence-electron chi connectivity index (χ1n) is 5.66. The van der Waals surface area contributed by atoms with Crippen LogP contribution < -0.4 is 9.47 Å². The van der Waals surface area contributed by atoms with E-state index < -0.39 is 0 Å². The summed E-state index contributed by atoms with van der Waals surface area (Å²) in [4.78, 5) is 2.19. The molecule has 1 atom stereocenters. The quantitative estimate of drug-likeness (QED) is 0.765. The first-order valence-corrected chi connectivity index (χ1v) is 5.66. The van der Waals surface area contributed by atoms with Crippen molar-refractivity contribution in [3.63, 3.8) is 0 Å². The summed E-state index contributed by atoms with van der Waals surface area (Å²) in [5.74, 6) is 1.75. The second-order valence-electron chi connectivity index (χ2n) is 4.49. The molecule has 0 spiro atoms. The van der Waals surface area contributed by atoms with Gasteiger partial charge in [-0.3, -0.25) is 0 Å². The van der Waals surface area contributed by atoms with Crippen LogP contribution in [-0.2, 0) is 0 Å². The maximum absolute atomic E-state index is 5.61. The Morgan fingerprint density at radius 2 is 1.69 bits per heavy atom. The Hall–Kier alpha value is -1.22. The summed E-state index contributed by atoms with van der Waals surface area (Å²) in [5, 5.41) is 0. The standard InChI is InChI=1S/C13H19NO2/c1-9-7-12-13(16-6-5-15-12)8-11(9)10(2)14(3)4/h7-8,10H,5-6H2,1-4H3. The summed E-state index contributed by atoms with van der Waals surface area (Å²) < 4.78 is 11.2. The highest BCUT2D eigenvalue weighted by atomic mass is 16.6. The van der Waals surface area contributed by atoms with Crippen molar-refractivity contribution in [3.05, 3.63) is 23.3 Å². The summed E-state index contributed by atoms with van der Waals surface area (Å²) in [6, 6.07) is 4.56. The molecule has 0 saturated heterocycles. The van der Waals surface area contributed by atoms with Gasteiger partial charge in [-0.2, -0.15) is 0 Å². The summed E-state index contributed by atoms with van der Waals surface area (Å²) >= 11 is 0. The van der Waals surface area contributed by atoms with Gasteiger partial charge in [-0.1, -0.05) is 0 Å². The minimum Gasteiger partial charge on any atom is -0.486 e. The number of hydrogen-bond acceptors (Lipinski definition) is 3. The fraction of sp³-hybridized carbons (Fsp3) is 0.538. The minimum absolute atomic E-state index is 0.385. The Morgan fingerprint density at radius 3 is 2.25 bits per heavy atom. The molecule has 1 aliphatic heterocycles. The van der Waals surface area contributed by atoms with Gasteiger partial charge in [-0.25, -0.2) is 0 Å². The molecule has 0 saturated carbocycles. The molecular formula is C13H19NO2. The first-order chi connectivity index (χ1) is 7.59. The molecule has 0 fully saturated rings. The van der Waals surface area contributed by atoms with Gasteiger partial charge < -0.3 is 14.4 Å². The van der Waals surface area contributed by atoms with Crippen molar-refractivity contribution in [2.45, 2.75) is 19.9 Å². The van der Waals surface area contributed by atoms with Crippen molar-refractivity contribution in [2.75, 3.05) is 27.3 Å². The van der Waals surface area contributed by atoms with E-state index in [-0.39, 0.29) is 0 Å². The third-order valence-electron chi connectivity index (χ3n) is 3.16. The van der Waals surface area contributed by atoms with E-state index in [1.807, 2.05) is 0 Å². The van der Waals surface area contributed by atoms with Crippen molar-refractivity contribution < 1.29 is 9.47 Å². The van der Waals surface area contributed by atoms with Crippen LogP contribution in [0.15, 0.2) is 12.1 Å². The molecule has 1 aromatic carbocycles. The van der Waals surface area contributed by atoms with Crippen LogP contribution in [0.1, 0.15) is 24.1 Å². The van der Waals surface area contributed by atoms with Crippen molar-refractivity contribution in [2.24, 2.45) is 0 Å². The fourth-order valence-electron chi connectivity index (χ4n) is 1.93. The number of aryl methyl sites for hydroxylation is 1. The SMILES string of the molecule is Cc1cc2c(cc1C(C)N(C)C)OCCO2. The Morgan fingerprint density at radius 1 is 1.12 bits per heavy atom. The average molecular weight is 221 g/mol. The molecule has 88 valence electrons. The molecule has 1 aliphatic rings. The molecule has 0 bridgehead atoms. The van der Waals surface area contributed by atoms with E-state index in [0.29, 0.717) is 19.3 Å². The van der Waals surface area contributed by atoms with Crippen LogP contribution in [0.3, 0.4) is 0 Å². The van der Waals surface area contributed by atoms with E-state index in [2.05, 4.69) is 45.0 Å². The van der Waals surface area contributed by atoms with E-state index in [0.717, 1.165) is 11.5 Å². The molecule has 3 heteroatoms. The topological polar surface area (TPSA) is 21.7 Å². The average Bonchev–Trinajstić information content (AvgIpc) is 2.27. The number of ether oxygens (including phenoxy) is 2. The van der Waals surface area contributed by atoms with Crippen LogP contribution in [0.5, 0.6) is 11.5 Å². The molecule has 1 unspecified atom stereocenters. The van der Waals surface area contributed by atoms with E-state index in [9.17, 15) is 0 Å². The third-order valence-corrected chi connectivity index (χ3v) is 3.16. The number of fused-ring (bicyclic) bond motifs is 1. The van der Waals surface area contributed by atoms with Crippen molar-refractivity contribution in [1.29, 1.82) is 0 Å². The normalized spacial score (nSPS) is 16.3. The highest BCUT2D eigenvalue weighted by molar-refractivity contribution is 5.48. The predicted octanol–water partition coefficient (Wildman–Crippen LogP) is 2.39. The van der Waals surface area contributed by atoms with Gasteiger partial charge in [0, 0.05) is 6.04 Å². The molecule has 2 rings (SSSR count). The van der Waals surface area contributed by atoms with Crippen LogP contribution >= 0.6 is 0 Å². The Balaban J connectivity index is 2.39. The predicted molar refractivity (Wildman–Crippen MR) is 64.3 cm³/mol. The number of nitrogens with zero attached hydrogens (tertiary/aromatic N) is 1. The van der Waals surface area contributed by atoms with Crippen molar-refractivity contribution in [3.8, 4) is 11.5 Å². The molecule has 0 amide bonds. The van der Waals surface area contributed by atoms with E-state index in [1.54, 1.807) is 0 Å². The first kappa shape index (κ1) is 11.3. The van der Waals surface area contributed by atoms with Gasteiger partial charge in [0.05, 0.1) is 0 Å². The highest BCUT2D eigenvalue weighted by Crippen LogP contribution is 2.35. The molecule has 0 N–H and O–H groups in total. The van der Waals surface area contributed by atoms with Gasteiger partial charge in [-0.15, -0.1) is 0 Å². The lowest BCUT2D eigenvalue weighted by Crippen LogP contribution is -2.19. The lowest BCUT2D eigenvalue weighted by molar-refractivity contribution is 0.170. The number of benzene rings is 1. The summed E-state index contributed by atoms with van der Waals surface area (Å²) in [5.41, 5.74) is 2.56. The zero-order valence-corrected chi connectivity index (χ0v) is 10.4. The maximum Gasteiger partial charge on any atom is 0.161 e. The lowest BCUT2D eigenvalue weighted by atomic mass is 10.0. The molecule has 0 aromatic heterocycles. The van der Waals surface area contributed by atoms with E-state index in [4.69, 9.17) is 9.47 Å². The lowest BCUT2D eigenvalue weighted by Gasteiger charge is -2.25. The largest absolute Gasteiger partial charge is 0.486 e. The zero-order valence-electron chi connectivity index (χ0n) is 10.4. The monoisotopic (exact) mass is 221 g/mol. The summed E-state index contributed by atoms with van der Waals surface area (Å²) in [6.07, 6.45) is 0. The number of rotatable bonds is 2. The minimum atomic E-state index is 0.385. The van der Waals surface area contributed by atoms with Gasteiger partial charge in [-0.05, 0) is 51.2 Å². The molecule has 16 heavy (non-hydrogen) atoms. The molecule has 0 aliphatic carbocycles. The van der Waals surface area contributed by atoms with Crippen LogP contribution in [0.4, 0.5) is 0 Å². The Labute approximate surface area is 97.0 Å². The van der Waals surface area contributed by atoms with Crippen LogP contribution in [0, 0.1) is 6.92 Å². The van der Waals surface area contributed by atoms with Crippen LogP contribution in [-0.4, -0.2) is 32.2 Å². The summed E-state index contributed by atoms with van der Waals surface area (Å²) in [6.45, 7) is 5.60. The van der Waals surface area contributed by atoms with Gasteiger partial charge in [0.1, 0.15) is 13.2 Å². The van der Waals surface area contributed by atoms with Gasteiger partial charge >= 0.3 is 0 Å². The fourth-order valence-corrected chi connectivity index (χ4v) is 1.93. The van der Waals surface area contributed by atoms with E-state index in [1.165, 1.54) is 11.1 Å². The molecule has 1 aromatic rings. The van der Waals surface area contributed by atoms with Gasteiger partial charge in [0.15, 0.2) is 11.5 Å². The molecular weight excluding hydrogens is 202 g/mol. The smallest absolute Gasteiger partial charge is 0.161 e.